The van der Waals surface area contributed by atoms with Crippen molar-refractivity contribution in [1.29, 1.82) is 0 Å². The first-order valence-electron chi connectivity index (χ1n) is 9.03. The molecule has 152 valence electrons. The third-order valence-corrected chi connectivity index (χ3v) is 5.66. The average molecular weight is 424 g/mol. The monoisotopic (exact) mass is 424 g/mol. The second kappa shape index (κ2) is 7.72. The highest BCUT2D eigenvalue weighted by atomic mass is 32.1. The average Bonchev–Trinajstić information content (AvgIpc) is 3.29. The number of hydrogen-bond donors (Lipinski definition) is 0. The van der Waals surface area contributed by atoms with Crippen molar-refractivity contribution in [2.45, 2.75) is 13.8 Å². The molecule has 4 rings (SSSR count). The molecule has 0 atom stereocenters. The molecule has 0 fully saturated rings. The minimum absolute atomic E-state index is 0.118. The molecule has 0 aliphatic heterocycles. The van der Waals surface area contributed by atoms with Gasteiger partial charge in [0, 0.05) is 10.9 Å². The number of methoxy groups -OCH3 is 1. The van der Waals surface area contributed by atoms with Crippen LogP contribution in [0.25, 0.3) is 15.9 Å². The third-order valence-electron chi connectivity index (χ3n) is 4.57. The number of ether oxygens (including phenoxy) is 2. The number of esters is 1. The number of thiophene rings is 1. The Labute approximate surface area is 175 Å². The zero-order chi connectivity index (χ0) is 21.4. The molecule has 2 aromatic heterocycles. The van der Waals surface area contributed by atoms with Crippen LogP contribution in [0.5, 0.6) is 11.5 Å². The van der Waals surface area contributed by atoms with E-state index in [-0.39, 0.29) is 17.3 Å². The van der Waals surface area contributed by atoms with Crippen LogP contribution in [-0.2, 0) is 0 Å². The Morgan fingerprint density at radius 3 is 2.60 bits per heavy atom. The van der Waals surface area contributed by atoms with Gasteiger partial charge in [-0.15, -0.1) is 11.3 Å². The Balaban J connectivity index is 1.68. The summed E-state index contributed by atoms with van der Waals surface area (Å²) in [6.07, 6.45) is 0. The van der Waals surface area contributed by atoms with Crippen LogP contribution in [0.3, 0.4) is 0 Å². The fourth-order valence-corrected chi connectivity index (χ4v) is 4.11. The second-order valence-electron chi connectivity index (χ2n) is 6.62. The van der Waals surface area contributed by atoms with E-state index in [2.05, 4.69) is 5.10 Å². The molecule has 0 saturated carbocycles. The van der Waals surface area contributed by atoms with Gasteiger partial charge in [0.25, 0.3) is 0 Å². The maximum Gasteiger partial charge on any atom is 0.353 e. The molecule has 0 aliphatic rings. The van der Waals surface area contributed by atoms with Crippen LogP contribution in [0.2, 0.25) is 0 Å². The maximum absolute atomic E-state index is 13.6. The fraction of sp³-hybridized carbons (Fsp3) is 0.136. The first-order chi connectivity index (χ1) is 14.4. The van der Waals surface area contributed by atoms with Gasteiger partial charge in [-0.3, -0.25) is 4.79 Å². The first-order valence-corrected chi connectivity index (χ1v) is 9.85. The predicted octanol–water partition coefficient (Wildman–Crippen LogP) is 4.96. The van der Waals surface area contributed by atoms with E-state index in [0.29, 0.717) is 32.4 Å². The summed E-state index contributed by atoms with van der Waals surface area (Å²) in [4.78, 5) is 25.4. The highest BCUT2D eigenvalue weighted by Gasteiger charge is 2.20. The van der Waals surface area contributed by atoms with Gasteiger partial charge in [-0.1, -0.05) is 6.07 Å². The topological polar surface area (TPSA) is 70.4 Å². The summed E-state index contributed by atoms with van der Waals surface area (Å²) in [6, 6.07) is 12.4. The molecule has 0 radical (unpaired) electrons. The number of benzene rings is 2. The van der Waals surface area contributed by atoms with Crippen molar-refractivity contribution in [1.82, 2.24) is 9.78 Å². The molecule has 6 nitrogen and oxygen atoms in total. The summed E-state index contributed by atoms with van der Waals surface area (Å²) in [5.74, 6) is -0.540. The molecule has 0 saturated heterocycles. The summed E-state index contributed by atoms with van der Waals surface area (Å²) in [6.45, 7) is 3.27. The zero-order valence-electron chi connectivity index (χ0n) is 16.4. The Hall–Kier alpha value is -3.52. The Morgan fingerprint density at radius 2 is 1.90 bits per heavy atom. The highest BCUT2D eigenvalue weighted by molar-refractivity contribution is 7.20. The van der Waals surface area contributed by atoms with Crippen LogP contribution in [-0.4, -0.2) is 28.6 Å². The van der Waals surface area contributed by atoms with Crippen molar-refractivity contribution in [3.05, 3.63) is 70.5 Å². The molecule has 0 unspecified atom stereocenters. The molecule has 0 aliphatic carbocycles. The Bertz CT molecular complexity index is 1290. The van der Waals surface area contributed by atoms with Gasteiger partial charge in [0.05, 0.1) is 18.5 Å². The third kappa shape index (κ3) is 3.57. The summed E-state index contributed by atoms with van der Waals surface area (Å²) in [7, 11) is 1.44. The van der Waals surface area contributed by atoms with Gasteiger partial charge in [0.15, 0.2) is 17.3 Å². The summed E-state index contributed by atoms with van der Waals surface area (Å²) in [5, 5.41) is 5.24. The minimum atomic E-state index is -0.560. The fourth-order valence-electron chi connectivity index (χ4n) is 3.05. The maximum atomic E-state index is 13.6. The SMILES string of the molecule is COc1cc(C(C)=O)ccc1OC(=O)c1cc2c(C)nn(-c3cccc(F)c3)c2s1. The van der Waals surface area contributed by atoms with Crippen molar-refractivity contribution in [2.75, 3.05) is 7.11 Å². The van der Waals surface area contributed by atoms with E-state index in [1.165, 1.54) is 49.6 Å². The number of Topliss-reactive ketones (excluding diaryl/α,β-unsaturated/α-hetero) is 1. The van der Waals surface area contributed by atoms with Crippen LogP contribution in [0, 0.1) is 12.7 Å². The Kier molecular flexibility index (Phi) is 5.09. The molecule has 8 heteroatoms. The molecule has 0 spiro atoms. The number of aromatic nitrogens is 2. The molecule has 2 aromatic carbocycles. The second-order valence-corrected chi connectivity index (χ2v) is 7.65. The number of hydrogen-bond acceptors (Lipinski definition) is 6. The van der Waals surface area contributed by atoms with Crippen LogP contribution < -0.4 is 9.47 Å². The van der Waals surface area contributed by atoms with E-state index in [4.69, 9.17) is 9.47 Å². The van der Waals surface area contributed by atoms with Crippen LogP contribution in [0.15, 0.2) is 48.5 Å². The number of halogens is 1. The zero-order valence-corrected chi connectivity index (χ0v) is 17.2. The van der Waals surface area contributed by atoms with Crippen molar-refractivity contribution >= 4 is 33.3 Å². The molecule has 0 bridgehead atoms. The molecule has 4 aromatic rings. The number of nitrogens with zero attached hydrogens (tertiary/aromatic N) is 2. The first kappa shape index (κ1) is 19.8. The standard InChI is InChI=1S/C22H17FN2O4S/c1-12-17-11-20(30-21(17)25(24-12)16-6-4-5-15(23)10-16)22(27)29-18-8-7-14(13(2)26)9-19(18)28-3/h4-11H,1-3H3. The van der Waals surface area contributed by atoms with Gasteiger partial charge in [-0.2, -0.15) is 5.10 Å². The molecule has 0 N–H and O–H groups in total. The lowest BCUT2D eigenvalue weighted by Crippen LogP contribution is -2.08. The number of carbonyl (C=O) groups is 2. The van der Waals surface area contributed by atoms with Crippen molar-refractivity contribution in [3.8, 4) is 17.2 Å². The van der Waals surface area contributed by atoms with Crippen LogP contribution in [0.4, 0.5) is 4.39 Å². The number of rotatable bonds is 5. The van der Waals surface area contributed by atoms with E-state index in [1.807, 2.05) is 6.92 Å². The summed E-state index contributed by atoms with van der Waals surface area (Å²) < 4.78 is 26.0. The van der Waals surface area contributed by atoms with Crippen LogP contribution in [0.1, 0.15) is 32.6 Å². The van der Waals surface area contributed by atoms with E-state index < -0.39 is 5.97 Å². The molecular formula is C22H17FN2O4S. The Morgan fingerprint density at radius 1 is 1.10 bits per heavy atom. The lowest BCUT2D eigenvalue weighted by molar-refractivity contribution is 0.0735. The summed E-state index contributed by atoms with van der Waals surface area (Å²) in [5.41, 5.74) is 1.74. The number of carbonyl (C=O) groups excluding carboxylic acids is 2. The van der Waals surface area contributed by atoms with Gasteiger partial charge in [0.2, 0.25) is 0 Å². The number of aryl methyl sites for hydroxylation is 1. The molecular weight excluding hydrogens is 407 g/mol. The van der Waals surface area contributed by atoms with Gasteiger partial charge in [0.1, 0.15) is 15.5 Å². The van der Waals surface area contributed by atoms with Gasteiger partial charge < -0.3 is 9.47 Å². The van der Waals surface area contributed by atoms with Crippen molar-refractivity contribution < 1.29 is 23.5 Å². The normalized spacial score (nSPS) is 10.9. The summed E-state index contributed by atoms with van der Waals surface area (Å²) >= 11 is 1.20. The smallest absolute Gasteiger partial charge is 0.353 e. The quantitative estimate of drug-likeness (QED) is 0.257. The lowest BCUT2D eigenvalue weighted by Gasteiger charge is -2.09. The highest BCUT2D eigenvalue weighted by Crippen LogP contribution is 2.33. The number of ketones is 1. The predicted molar refractivity (Wildman–Crippen MR) is 112 cm³/mol. The number of fused-ring (bicyclic) bond motifs is 1. The van der Waals surface area contributed by atoms with Gasteiger partial charge in [-0.05, 0) is 56.3 Å². The van der Waals surface area contributed by atoms with Crippen LogP contribution >= 0.6 is 11.3 Å². The molecule has 0 amide bonds. The van der Waals surface area contributed by atoms with Crippen molar-refractivity contribution in [2.24, 2.45) is 0 Å². The molecule has 30 heavy (non-hydrogen) atoms. The largest absolute Gasteiger partial charge is 0.493 e. The minimum Gasteiger partial charge on any atom is -0.493 e. The van der Waals surface area contributed by atoms with Gasteiger partial charge in [-0.25, -0.2) is 13.9 Å². The molecule has 2 heterocycles. The lowest BCUT2D eigenvalue weighted by atomic mass is 10.1. The van der Waals surface area contributed by atoms with E-state index in [0.717, 1.165) is 5.39 Å². The van der Waals surface area contributed by atoms with E-state index >= 15 is 0 Å². The van der Waals surface area contributed by atoms with E-state index in [1.54, 1.807) is 28.9 Å². The van der Waals surface area contributed by atoms with Gasteiger partial charge >= 0.3 is 5.97 Å². The van der Waals surface area contributed by atoms with Crippen molar-refractivity contribution in [3.63, 3.8) is 0 Å². The van der Waals surface area contributed by atoms with E-state index in [9.17, 15) is 14.0 Å².